The maximum absolute atomic E-state index is 13.2. The molecule has 0 saturated carbocycles. The molecule has 6 heteroatoms. The quantitative estimate of drug-likeness (QED) is 0.140. The van der Waals surface area contributed by atoms with E-state index >= 15 is 0 Å². The van der Waals surface area contributed by atoms with Gasteiger partial charge in [-0.1, -0.05) is 81.4 Å². The SMILES string of the molecule is CCCCCCCCCC(I)(CC)CC(F)(F)C(F)(F)F. The molecular formula is C15H26F5I. The van der Waals surface area contributed by atoms with Crippen LogP contribution in [0.25, 0.3) is 0 Å². The van der Waals surface area contributed by atoms with Crippen molar-refractivity contribution in [1.82, 2.24) is 0 Å². The first-order valence-electron chi connectivity index (χ1n) is 7.71. The zero-order valence-corrected chi connectivity index (χ0v) is 15.0. The van der Waals surface area contributed by atoms with Gasteiger partial charge >= 0.3 is 12.1 Å². The number of halogens is 6. The molecule has 21 heavy (non-hydrogen) atoms. The lowest BCUT2D eigenvalue weighted by atomic mass is 9.91. The van der Waals surface area contributed by atoms with Crippen molar-refractivity contribution in [2.45, 2.75) is 93.6 Å². The molecule has 0 aliphatic rings. The van der Waals surface area contributed by atoms with Crippen LogP contribution in [0.15, 0.2) is 0 Å². The van der Waals surface area contributed by atoms with Crippen molar-refractivity contribution < 1.29 is 22.0 Å². The fraction of sp³-hybridized carbons (Fsp3) is 1.00. The Bertz CT molecular complexity index is 278. The van der Waals surface area contributed by atoms with Crippen LogP contribution in [0.1, 0.15) is 78.1 Å². The summed E-state index contributed by atoms with van der Waals surface area (Å²) in [5.41, 5.74) is 0. The largest absolute Gasteiger partial charge is 0.453 e. The summed E-state index contributed by atoms with van der Waals surface area (Å²) in [5, 5.41) is 0. The summed E-state index contributed by atoms with van der Waals surface area (Å²) in [6, 6.07) is 0. The molecule has 0 amide bonds. The third-order valence-electron chi connectivity index (χ3n) is 3.82. The summed E-state index contributed by atoms with van der Waals surface area (Å²) < 4.78 is 62.3. The molecule has 0 aromatic carbocycles. The highest BCUT2D eigenvalue weighted by molar-refractivity contribution is 14.1. The lowest BCUT2D eigenvalue weighted by molar-refractivity contribution is -0.286. The molecular weight excluding hydrogens is 402 g/mol. The Labute approximate surface area is 138 Å². The highest BCUT2D eigenvalue weighted by Gasteiger charge is 2.59. The molecule has 0 aromatic rings. The van der Waals surface area contributed by atoms with E-state index < -0.39 is 21.9 Å². The van der Waals surface area contributed by atoms with Gasteiger partial charge in [-0.2, -0.15) is 22.0 Å². The van der Waals surface area contributed by atoms with Crippen molar-refractivity contribution in [3.63, 3.8) is 0 Å². The van der Waals surface area contributed by atoms with Gasteiger partial charge in [-0.25, -0.2) is 0 Å². The van der Waals surface area contributed by atoms with Crippen LogP contribution < -0.4 is 0 Å². The van der Waals surface area contributed by atoms with E-state index in [0.29, 0.717) is 12.8 Å². The molecule has 0 saturated heterocycles. The van der Waals surface area contributed by atoms with Crippen molar-refractivity contribution >= 4 is 22.6 Å². The van der Waals surface area contributed by atoms with Gasteiger partial charge in [0, 0.05) is 9.84 Å². The third kappa shape index (κ3) is 8.55. The zero-order valence-electron chi connectivity index (χ0n) is 12.8. The first kappa shape index (κ1) is 21.4. The summed E-state index contributed by atoms with van der Waals surface area (Å²) in [5.74, 6) is -4.59. The molecule has 0 aromatic heterocycles. The summed E-state index contributed by atoms with van der Waals surface area (Å²) in [6.45, 7) is 3.81. The number of unbranched alkanes of at least 4 members (excludes halogenated alkanes) is 6. The van der Waals surface area contributed by atoms with E-state index in [2.05, 4.69) is 6.92 Å². The fourth-order valence-electron chi connectivity index (χ4n) is 2.29. The van der Waals surface area contributed by atoms with Crippen LogP contribution in [0, 0.1) is 0 Å². The van der Waals surface area contributed by atoms with Gasteiger partial charge in [0.15, 0.2) is 0 Å². The monoisotopic (exact) mass is 428 g/mol. The molecule has 0 aliphatic carbocycles. The second-order valence-corrected chi connectivity index (χ2v) is 8.04. The number of rotatable bonds is 11. The van der Waals surface area contributed by atoms with E-state index in [0.717, 1.165) is 25.7 Å². The number of hydrogen-bond donors (Lipinski definition) is 0. The van der Waals surface area contributed by atoms with Crippen molar-refractivity contribution in [2.75, 3.05) is 0 Å². The Morgan fingerprint density at radius 1 is 0.762 bits per heavy atom. The Morgan fingerprint density at radius 3 is 1.67 bits per heavy atom. The highest BCUT2D eigenvalue weighted by atomic mass is 127. The molecule has 0 rings (SSSR count). The predicted molar refractivity (Wildman–Crippen MR) is 85.3 cm³/mol. The molecule has 128 valence electrons. The average molecular weight is 428 g/mol. The van der Waals surface area contributed by atoms with Crippen molar-refractivity contribution in [3.05, 3.63) is 0 Å². The van der Waals surface area contributed by atoms with Crippen LogP contribution >= 0.6 is 22.6 Å². The Kier molecular flexibility index (Phi) is 9.68. The van der Waals surface area contributed by atoms with Gasteiger partial charge in [0.05, 0.1) is 0 Å². The van der Waals surface area contributed by atoms with Gasteiger partial charge in [-0.3, -0.25) is 0 Å². The van der Waals surface area contributed by atoms with Crippen molar-refractivity contribution in [1.29, 1.82) is 0 Å². The Morgan fingerprint density at radius 2 is 1.24 bits per heavy atom. The van der Waals surface area contributed by atoms with E-state index in [1.807, 2.05) is 0 Å². The number of alkyl halides is 6. The third-order valence-corrected chi connectivity index (χ3v) is 5.50. The Balaban J connectivity index is 4.17. The molecule has 1 atom stereocenters. The molecule has 0 radical (unpaired) electrons. The van der Waals surface area contributed by atoms with Crippen LogP contribution in [0.3, 0.4) is 0 Å². The smallest absolute Gasteiger partial charge is 0.196 e. The second kappa shape index (κ2) is 9.50. The summed E-state index contributed by atoms with van der Waals surface area (Å²) in [6.07, 6.45) is 1.50. The summed E-state index contributed by atoms with van der Waals surface area (Å²) in [7, 11) is 0. The van der Waals surface area contributed by atoms with E-state index in [1.54, 1.807) is 29.5 Å². The highest BCUT2D eigenvalue weighted by Crippen LogP contribution is 2.46. The normalized spacial score (nSPS) is 16.0. The zero-order chi connectivity index (χ0) is 16.6. The fourth-order valence-corrected chi connectivity index (χ4v) is 3.15. The summed E-state index contributed by atoms with van der Waals surface area (Å²) in [4.78, 5) is 0. The predicted octanol–water partition coefficient (Wildman–Crippen LogP) is 7.30. The van der Waals surface area contributed by atoms with E-state index in [9.17, 15) is 22.0 Å². The molecule has 0 aliphatic heterocycles. The first-order valence-corrected chi connectivity index (χ1v) is 8.79. The molecule has 1 unspecified atom stereocenters. The molecule has 0 heterocycles. The lowest BCUT2D eigenvalue weighted by Gasteiger charge is -2.31. The standard InChI is InChI=1S/C15H26F5I/c1-3-5-6-7-8-9-10-11-13(21,4-2)12-14(16,17)15(18,19)20/h3-12H2,1-2H3. The minimum absolute atomic E-state index is 0.328. The Hall–Kier alpha value is 0.380. The van der Waals surface area contributed by atoms with E-state index in [4.69, 9.17) is 0 Å². The van der Waals surface area contributed by atoms with Crippen molar-refractivity contribution in [2.24, 2.45) is 0 Å². The van der Waals surface area contributed by atoms with Crippen molar-refractivity contribution in [3.8, 4) is 0 Å². The van der Waals surface area contributed by atoms with Crippen LogP contribution in [-0.4, -0.2) is 15.5 Å². The molecule has 0 spiro atoms. The van der Waals surface area contributed by atoms with Gasteiger partial charge in [-0.15, -0.1) is 0 Å². The molecule has 0 nitrogen and oxygen atoms in total. The number of hydrogen-bond acceptors (Lipinski definition) is 0. The van der Waals surface area contributed by atoms with E-state index in [-0.39, 0.29) is 0 Å². The first-order chi connectivity index (χ1) is 9.58. The van der Waals surface area contributed by atoms with Crippen LogP contribution in [0.4, 0.5) is 22.0 Å². The molecule has 0 fully saturated rings. The minimum atomic E-state index is -5.45. The molecule has 0 bridgehead atoms. The van der Waals surface area contributed by atoms with Gasteiger partial charge in [-0.05, 0) is 12.8 Å². The maximum atomic E-state index is 13.2. The van der Waals surface area contributed by atoms with E-state index in [1.165, 1.54) is 19.3 Å². The van der Waals surface area contributed by atoms with Crippen LogP contribution in [0.2, 0.25) is 0 Å². The maximum Gasteiger partial charge on any atom is 0.453 e. The van der Waals surface area contributed by atoms with Gasteiger partial charge in [0.25, 0.3) is 0 Å². The second-order valence-electron chi connectivity index (χ2n) is 5.75. The average Bonchev–Trinajstić information content (AvgIpc) is 2.36. The lowest BCUT2D eigenvalue weighted by Crippen LogP contribution is -2.42. The van der Waals surface area contributed by atoms with Crippen LogP contribution in [0.5, 0.6) is 0 Å². The van der Waals surface area contributed by atoms with Gasteiger partial charge in [0.2, 0.25) is 0 Å². The summed E-state index contributed by atoms with van der Waals surface area (Å²) >= 11 is 1.80. The van der Waals surface area contributed by atoms with Crippen LogP contribution in [-0.2, 0) is 0 Å². The topological polar surface area (TPSA) is 0 Å². The molecule has 0 N–H and O–H groups in total. The van der Waals surface area contributed by atoms with Gasteiger partial charge < -0.3 is 0 Å². The minimum Gasteiger partial charge on any atom is -0.196 e. The van der Waals surface area contributed by atoms with Gasteiger partial charge in [0.1, 0.15) is 0 Å².